The van der Waals surface area contributed by atoms with Gasteiger partial charge in [-0.05, 0) is 73.7 Å². The topological polar surface area (TPSA) is 83.3 Å². The number of carbonyl (C=O) groups is 1. The van der Waals surface area contributed by atoms with Crippen LogP contribution in [0.4, 0.5) is 18.9 Å². The third-order valence-corrected chi connectivity index (χ3v) is 7.06. The number of nitrogens with one attached hydrogen (secondary N) is 1. The zero-order valence-corrected chi connectivity index (χ0v) is 22.6. The summed E-state index contributed by atoms with van der Waals surface area (Å²) in [7, 11) is 0. The van der Waals surface area contributed by atoms with Crippen molar-refractivity contribution < 1.29 is 23.1 Å². The molecule has 2 aliphatic rings. The lowest BCUT2D eigenvalue weighted by molar-refractivity contribution is -0.192. The molecule has 1 atom stereocenters. The first-order valence-corrected chi connectivity index (χ1v) is 13.2. The maximum absolute atomic E-state index is 10.6. The predicted molar refractivity (Wildman–Crippen MR) is 146 cm³/mol. The van der Waals surface area contributed by atoms with Crippen molar-refractivity contribution in [2.24, 2.45) is 0 Å². The van der Waals surface area contributed by atoms with Gasteiger partial charge in [-0.2, -0.15) is 13.2 Å². The molecule has 1 unspecified atom stereocenters. The summed E-state index contributed by atoms with van der Waals surface area (Å²) >= 11 is 6.26. The van der Waals surface area contributed by atoms with Gasteiger partial charge in [-0.25, -0.2) is 9.48 Å². The van der Waals surface area contributed by atoms with E-state index in [4.69, 9.17) is 21.5 Å². The smallest absolute Gasteiger partial charge is 0.475 e. The van der Waals surface area contributed by atoms with Gasteiger partial charge in [0.1, 0.15) is 0 Å². The molecular weight excluding hydrogens is 531 g/mol. The minimum Gasteiger partial charge on any atom is -0.475 e. The molecule has 5 rings (SSSR count). The molecule has 3 aromatic rings. The van der Waals surface area contributed by atoms with E-state index < -0.39 is 12.1 Å². The quantitative estimate of drug-likeness (QED) is 0.365. The van der Waals surface area contributed by atoms with E-state index in [1.807, 2.05) is 25.1 Å². The van der Waals surface area contributed by atoms with Crippen molar-refractivity contribution in [1.82, 2.24) is 19.9 Å². The number of carboxylic acids is 1. The van der Waals surface area contributed by atoms with E-state index in [2.05, 4.69) is 62.5 Å². The van der Waals surface area contributed by atoms with E-state index in [1.165, 1.54) is 35.2 Å². The van der Waals surface area contributed by atoms with E-state index in [9.17, 15) is 13.2 Å². The Labute approximate surface area is 230 Å². The van der Waals surface area contributed by atoms with E-state index in [-0.39, 0.29) is 6.04 Å². The average molecular weight is 562 g/mol. The van der Waals surface area contributed by atoms with Crippen molar-refractivity contribution in [3.63, 3.8) is 0 Å². The Morgan fingerprint density at radius 3 is 2.62 bits per heavy atom. The number of hydrogen-bond acceptors (Lipinski definition) is 5. The Kier molecular flexibility index (Phi) is 8.97. The molecule has 39 heavy (non-hydrogen) atoms. The van der Waals surface area contributed by atoms with Crippen LogP contribution in [0.25, 0.3) is 16.8 Å². The lowest BCUT2D eigenvalue weighted by atomic mass is 9.90. The van der Waals surface area contributed by atoms with Crippen LogP contribution in [0.1, 0.15) is 49.0 Å². The Bertz CT molecular complexity index is 1360. The fraction of sp³-hybridized carbons (Fsp3) is 0.393. The van der Waals surface area contributed by atoms with Crippen molar-refractivity contribution >= 4 is 28.8 Å². The molecule has 0 saturated heterocycles. The molecule has 2 N–H and O–H groups in total. The van der Waals surface area contributed by atoms with Crippen molar-refractivity contribution in [3.05, 3.63) is 70.4 Å². The number of aromatic nitrogens is 3. The second-order valence-electron chi connectivity index (χ2n) is 9.63. The molecule has 208 valence electrons. The molecule has 0 saturated carbocycles. The third kappa shape index (κ3) is 6.99. The molecule has 0 spiro atoms. The molecule has 2 aliphatic heterocycles. The number of benzene rings is 2. The lowest BCUT2D eigenvalue weighted by Crippen LogP contribution is -2.29. The van der Waals surface area contributed by atoms with Gasteiger partial charge in [0, 0.05) is 35.9 Å². The molecule has 0 amide bonds. The average Bonchev–Trinajstić information content (AvgIpc) is 3.19. The van der Waals surface area contributed by atoms with Crippen LogP contribution in [0, 0.1) is 6.92 Å². The van der Waals surface area contributed by atoms with Gasteiger partial charge in [0.15, 0.2) is 0 Å². The number of fused-ring (bicyclic) bond motifs is 3. The summed E-state index contributed by atoms with van der Waals surface area (Å²) in [5, 5.41) is 20.4. The molecule has 7 nitrogen and oxygen atoms in total. The highest BCUT2D eigenvalue weighted by Crippen LogP contribution is 2.39. The molecule has 3 heterocycles. The van der Waals surface area contributed by atoms with Crippen LogP contribution < -0.4 is 5.32 Å². The van der Waals surface area contributed by atoms with Crippen LogP contribution in [-0.2, 0) is 11.3 Å². The Hall–Kier alpha value is -3.37. The van der Waals surface area contributed by atoms with Gasteiger partial charge >= 0.3 is 12.1 Å². The SMILES string of the molecule is CCCN1CC=C(c2ccc3c(c2)C(Nc2cccc(Cl)c2)CCn2nnc(C)c2-3)CC1.O=C(O)C(F)(F)F. The number of halogens is 4. The Balaban J connectivity index is 0.000000448. The van der Waals surface area contributed by atoms with Gasteiger partial charge in [0.2, 0.25) is 0 Å². The minimum atomic E-state index is -5.08. The second-order valence-corrected chi connectivity index (χ2v) is 10.1. The van der Waals surface area contributed by atoms with E-state index >= 15 is 0 Å². The van der Waals surface area contributed by atoms with Gasteiger partial charge in [-0.3, -0.25) is 4.90 Å². The highest BCUT2D eigenvalue weighted by atomic mass is 35.5. The van der Waals surface area contributed by atoms with Gasteiger partial charge < -0.3 is 10.4 Å². The summed E-state index contributed by atoms with van der Waals surface area (Å²) in [5.74, 6) is -2.76. The maximum Gasteiger partial charge on any atom is 0.490 e. The number of rotatable bonds is 5. The van der Waals surface area contributed by atoms with Crippen molar-refractivity contribution in [2.75, 3.05) is 25.0 Å². The fourth-order valence-corrected chi connectivity index (χ4v) is 5.18. The summed E-state index contributed by atoms with van der Waals surface area (Å²) in [5.41, 5.74) is 8.47. The highest BCUT2D eigenvalue weighted by molar-refractivity contribution is 6.30. The summed E-state index contributed by atoms with van der Waals surface area (Å²) in [6, 6.07) is 15.1. The first kappa shape index (κ1) is 28.6. The third-order valence-electron chi connectivity index (χ3n) is 6.83. The number of anilines is 1. The zero-order chi connectivity index (χ0) is 28.2. The molecule has 0 bridgehead atoms. The number of aryl methyl sites for hydroxylation is 2. The van der Waals surface area contributed by atoms with Gasteiger partial charge in [-0.1, -0.05) is 48.0 Å². The van der Waals surface area contributed by atoms with Crippen molar-refractivity contribution in [2.45, 2.75) is 51.9 Å². The monoisotopic (exact) mass is 561 g/mol. The molecule has 1 aromatic heterocycles. The number of alkyl halides is 3. The number of carboxylic acid groups (broad SMARTS) is 1. The van der Waals surface area contributed by atoms with Crippen LogP contribution >= 0.6 is 11.6 Å². The standard InChI is InChI=1S/C26H30ClN5.C2HF3O2/c1-3-12-31-13-9-19(10-14-31)20-7-8-23-24(16-20)25(28-22-6-4-5-21(27)17-22)11-15-32-26(23)18(2)29-30-32;3-2(4,5)1(6)7/h4-9,16-17,25,28H,3,10-15H2,1-2H3;(H,6,7). The molecule has 0 aliphatic carbocycles. The Morgan fingerprint density at radius 2 is 1.97 bits per heavy atom. The van der Waals surface area contributed by atoms with Crippen molar-refractivity contribution in [1.29, 1.82) is 0 Å². The van der Waals surface area contributed by atoms with Crippen LogP contribution in [0.3, 0.4) is 0 Å². The van der Waals surface area contributed by atoms with E-state index in [0.29, 0.717) is 0 Å². The van der Waals surface area contributed by atoms with Gasteiger partial charge in [0.05, 0.1) is 17.4 Å². The van der Waals surface area contributed by atoms with Crippen LogP contribution in [0.5, 0.6) is 0 Å². The van der Waals surface area contributed by atoms with Crippen LogP contribution in [0.2, 0.25) is 5.02 Å². The highest BCUT2D eigenvalue weighted by Gasteiger charge is 2.38. The summed E-state index contributed by atoms with van der Waals surface area (Å²) < 4.78 is 33.8. The number of nitrogens with zero attached hydrogens (tertiary/aromatic N) is 4. The van der Waals surface area contributed by atoms with Crippen LogP contribution in [0.15, 0.2) is 48.5 Å². The number of aliphatic carboxylic acids is 1. The molecule has 2 aromatic carbocycles. The lowest BCUT2D eigenvalue weighted by Gasteiger charge is -2.27. The predicted octanol–water partition coefficient (Wildman–Crippen LogP) is 6.60. The normalized spacial score (nSPS) is 17.2. The van der Waals surface area contributed by atoms with Crippen LogP contribution in [-0.4, -0.2) is 56.8 Å². The van der Waals surface area contributed by atoms with Gasteiger partial charge in [-0.15, -0.1) is 5.10 Å². The summed E-state index contributed by atoms with van der Waals surface area (Å²) in [6.07, 6.45) is 0.569. The van der Waals surface area contributed by atoms with E-state index in [1.54, 1.807) is 0 Å². The van der Waals surface area contributed by atoms with Crippen molar-refractivity contribution in [3.8, 4) is 11.3 Å². The molecule has 0 radical (unpaired) electrons. The molecular formula is C28H31ClF3N5O2. The zero-order valence-electron chi connectivity index (χ0n) is 21.8. The van der Waals surface area contributed by atoms with E-state index in [0.717, 1.165) is 54.6 Å². The summed E-state index contributed by atoms with van der Waals surface area (Å²) in [4.78, 5) is 11.4. The fourth-order valence-electron chi connectivity index (χ4n) is 4.99. The second kappa shape index (κ2) is 12.2. The number of hydrogen-bond donors (Lipinski definition) is 2. The Morgan fingerprint density at radius 1 is 1.21 bits per heavy atom. The largest absolute Gasteiger partial charge is 0.490 e. The first-order valence-electron chi connectivity index (χ1n) is 12.8. The summed E-state index contributed by atoms with van der Waals surface area (Å²) in [6.45, 7) is 8.48. The van der Waals surface area contributed by atoms with Gasteiger partial charge in [0.25, 0.3) is 0 Å². The minimum absolute atomic E-state index is 0.172. The maximum atomic E-state index is 10.6. The molecule has 11 heteroatoms. The first-order chi connectivity index (χ1) is 18.6. The molecule has 0 fully saturated rings.